The fraction of sp³-hybridized carbons (Fsp3) is 0.417. The number of amides is 1. The molecule has 1 saturated carbocycles. The fourth-order valence-corrected chi connectivity index (χ4v) is 4.05. The minimum absolute atomic E-state index is 0.0143. The molecule has 0 atom stereocenters. The van der Waals surface area contributed by atoms with Crippen LogP contribution in [0.2, 0.25) is 0 Å². The van der Waals surface area contributed by atoms with Crippen molar-refractivity contribution in [3.8, 4) is 0 Å². The van der Waals surface area contributed by atoms with Crippen LogP contribution >= 0.6 is 0 Å². The Morgan fingerprint density at radius 3 is 2.21 bits per heavy atom. The van der Waals surface area contributed by atoms with E-state index in [2.05, 4.69) is 47.6 Å². The molecule has 0 radical (unpaired) electrons. The quantitative estimate of drug-likeness (QED) is 0.699. The highest BCUT2D eigenvalue weighted by Gasteiger charge is 2.25. The number of Topliss-reactive ketones (excluding diaryl/α,β-unsaturated/α-hetero) is 1. The van der Waals surface area contributed by atoms with Crippen molar-refractivity contribution in [1.82, 2.24) is 4.90 Å². The molecule has 148 valence electrons. The SMILES string of the molecule is CC(=O)c1ccc(NC(=O)CCN(C)C2CCC(c3ccccc3)CC2)cc1. The lowest BCUT2D eigenvalue weighted by atomic mass is 9.81. The Morgan fingerprint density at radius 2 is 1.61 bits per heavy atom. The Hall–Kier alpha value is -2.46. The number of benzene rings is 2. The third kappa shape index (κ3) is 5.52. The summed E-state index contributed by atoms with van der Waals surface area (Å²) in [5.41, 5.74) is 2.85. The van der Waals surface area contributed by atoms with E-state index >= 15 is 0 Å². The number of hydrogen-bond donors (Lipinski definition) is 1. The molecule has 0 aromatic heterocycles. The lowest BCUT2D eigenvalue weighted by molar-refractivity contribution is -0.116. The number of nitrogens with one attached hydrogen (secondary N) is 1. The van der Waals surface area contributed by atoms with Crippen LogP contribution in [0.4, 0.5) is 5.69 Å². The summed E-state index contributed by atoms with van der Waals surface area (Å²) in [5.74, 6) is 0.717. The monoisotopic (exact) mass is 378 g/mol. The van der Waals surface area contributed by atoms with Crippen molar-refractivity contribution >= 4 is 17.4 Å². The van der Waals surface area contributed by atoms with Crippen LogP contribution in [0.1, 0.15) is 60.9 Å². The van der Waals surface area contributed by atoms with Crippen molar-refractivity contribution in [2.45, 2.75) is 51.0 Å². The number of hydrogen-bond acceptors (Lipinski definition) is 3. The maximum Gasteiger partial charge on any atom is 0.225 e. The molecule has 4 heteroatoms. The van der Waals surface area contributed by atoms with Crippen molar-refractivity contribution in [2.24, 2.45) is 0 Å². The molecule has 0 spiro atoms. The molecule has 3 rings (SSSR count). The van der Waals surface area contributed by atoms with Gasteiger partial charge in [-0.15, -0.1) is 0 Å². The van der Waals surface area contributed by atoms with Crippen molar-refractivity contribution in [2.75, 3.05) is 18.9 Å². The van der Waals surface area contributed by atoms with Gasteiger partial charge in [0.1, 0.15) is 0 Å². The van der Waals surface area contributed by atoms with Crippen molar-refractivity contribution in [3.05, 3.63) is 65.7 Å². The van der Waals surface area contributed by atoms with E-state index in [0.29, 0.717) is 23.9 Å². The van der Waals surface area contributed by atoms with Gasteiger partial charge in [-0.3, -0.25) is 9.59 Å². The number of nitrogens with zero attached hydrogens (tertiary/aromatic N) is 1. The van der Waals surface area contributed by atoms with Crippen LogP contribution in [0.15, 0.2) is 54.6 Å². The van der Waals surface area contributed by atoms with Gasteiger partial charge in [0.05, 0.1) is 0 Å². The predicted molar refractivity (Wildman–Crippen MR) is 114 cm³/mol. The first-order valence-corrected chi connectivity index (χ1v) is 10.2. The Labute approximate surface area is 167 Å². The van der Waals surface area contributed by atoms with E-state index in [-0.39, 0.29) is 11.7 Å². The summed E-state index contributed by atoms with van der Waals surface area (Å²) in [6.07, 6.45) is 5.28. The Morgan fingerprint density at radius 1 is 0.964 bits per heavy atom. The van der Waals surface area contributed by atoms with Gasteiger partial charge in [0.25, 0.3) is 0 Å². The van der Waals surface area contributed by atoms with Crippen LogP contribution in [0.3, 0.4) is 0 Å². The van der Waals surface area contributed by atoms with E-state index < -0.39 is 0 Å². The Balaban J connectivity index is 1.41. The van der Waals surface area contributed by atoms with E-state index in [1.54, 1.807) is 24.3 Å². The van der Waals surface area contributed by atoms with E-state index in [1.165, 1.54) is 38.2 Å². The minimum atomic E-state index is 0.0143. The van der Waals surface area contributed by atoms with E-state index in [1.807, 2.05) is 0 Å². The lowest BCUT2D eigenvalue weighted by Crippen LogP contribution is -2.36. The van der Waals surface area contributed by atoms with Gasteiger partial charge in [0.2, 0.25) is 5.91 Å². The normalized spacial score (nSPS) is 19.4. The summed E-state index contributed by atoms with van der Waals surface area (Å²) in [4.78, 5) is 25.9. The zero-order valence-electron chi connectivity index (χ0n) is 16.9. The molecule has 1 aliphatic carbocycles. The molecule has 0 aliphatic heterocycles. The van der Waals surface area contributed by atoms with Crippen LogP contribution in [-0.4, -0.2) is 36.2 Å². The lowest BCUT2D eigenvalue weighted by Gasteiger charge is -2.34. The average molecular weight is 379 g/mol. The van der Waals surface area contributed by atoms with Crippen LogP contribution in [0.5, 0.6) is 0 Å². The molecule has 1 aliphatic rings. The molecule has 2 aromatic rings. The topological polar surface area (TPSA) is 49.4 Å². The highest BCUT2D eigenvalue weighted by molar-refractivity contribution is 5.95. The number of rotatable bonds is 7. The Bertz CT molecular complexity index is 778. The summed E-state index contributed by atoms with van der Waals surface area (Å²) < 4.78 is 0. The molecule has 2 aromatic carbocycles. The highest BCUT2D eigenvalue weighted by atomic mass is 16.1. The molecular formula is C24H30N2O2. The predicted octanol–water partition coefficient (Wildman–Crippen LogP) is 4.88. The molecule has 0 bridgehead atoms. The first kappa shape index (κ1) is 20.3. The molecule has 28 heavy (non-hydrogen) atoms. The molecule has 1 N–H and O–H groups in total. The number of carbonyl (C=O) groups excluding carboxylic acids is 2. The van der Waals surface area contributed by atoms with E-state index in [4.69, 9.17) is 0 Å². The third-order valence-corrected chi connectivity index (χ3v) is 5.86. The summed E-state index contributed by atoms with van der Waals surface area (Å²) in [5, 5.41) is 2.92. The number of carbonyl (C=O) groups is 2. The van der Waals surface area contributed by atoms with Gasteiger partial charge < -0.3 is 10.2 Å². The molecule has 0 unspecified atom stereocenters. The summed E-state index contributed by atoms with van der Waals surface area (Å²) in [7, 11) is 2.13. The van der Waals surface area contributed by atoms with Crippen molar-refractivity contribution in [3.63, 3.8) is 0 Å². The summed E-state index contributed by atoms with van der Waals surface area (Å²) in [6, 6.07) is 18.4. The third-order valence-electron chi connectivity index (χ3n) is 5.86. The first-order chi connectivity index (χ1) is 13.5. The van der Waals surface area contributed by atoms with Crippen molar-refractivity contribution in [1.29, 1.82) is 0 Å². The second kappa shape index (κ2) is 9.65. The van der Waals surface area contributed by atoms with Crippen LogP contribution in [0.25, 0.3) is 0 Å². The zero-order valence-corrected chi connectivity index (χ0v) is 16.9. The largest absolute Gasteiger partial charge is 0.326 e. The molecular weight excluding hydrogens is 348 g/mol. The molecule has 4 nitrogen and oxygen atoms in total. The van der Waals surface area contributed by atoms with Gasteiger partial charge in [-0.05, 0) is 75.4 Å². The minimum Gasteiger partial charge on any atom is -0.326 e. The van der Waals surface area contributed by atoms with E-state index in [0.717, 1.165) is 12.2 Å². The van der Waals surface area contributed by atoms with Crippen LogP contribution in [-0.2, 0) is 4.79 Å². The fourth-order valence-electron chi connectivity index (χ4n) is 4.05. The van der Waals surface area contributed by atoms with E-state index in [9.17, 15) is 9.59 Å². The molecule has 0 heterocycles. The second-order valence-electron chi connectivity index (χ2n) is 7.83. The van der Waals surface area contributed by atoms with Crippen molar-refractivity contribution < 1.29 is 9.59 Å². The van der Waals surface area contributed by atoms with Gasteiger partial charge in [0.15, 0.2) is 5.78 Å². The maximum absolute atomic E-state index is 12.3. The standard InChI is InChI=1S/C24H30N2O2/c1-18(27)19-8-12-22(13-9-19)25-24(28)16-17-26(2)23-14-10-21(11-15-23)20-6-4-3-5-7-20/h3-9,12-13,21,23H,10-11,14-17H2,1-2H3,(H,25,28). The molecule has 1 fully saturated rings. The smallest absolute Gasteiger partial charge is 0.225 e. The van der Waals surface area contributed by atoms with Gasteiger partial charge in [-0.25, -0.2) is 0 Å². The molecule has 0 saturated heterocycles. The van der Waals surface area contributed by atoms with Crippen LogP contribution < -0.4 is 5.32 Å². The Kier molecular flexibility index (Phi) is 6.99. The van der Waals surface area contributed by atoms with Gasteiger partial charge in [-0.2, -0.15) is 0 Å². The number of anilines is 1. The number of ketones is 1. The second-order valence-corrected chi connectivity index (χ2v) is 7.83. The van der Waals surface area contributed by atoms with Gasteiger partial charge >= 0.3 is 0 Å². The summed E-state index contributed by atoms with van der Waals surface area (Å²) in [6.45, 7) is 2.30. The zero-order chi connectivity index (χ0) is 19.9. The maximum atomic E-state index is 12.3. The van der Waals surface area contributed by atoms with Gasteiger partial charge in [-0.1, -0.05) is 30.3 Å². The van der Waals surface area contributed by atoms with Crippen LogP contribution in [0, 0.1) is 0 Å². The average Bonchev–Trinajstić information content (AvgIpc) is 2.73. The highest BCUT2D eigenvalue weighted by Crippen LogP contribution is 2.34. The summed E-state index contributed by atoms with van der Waals surface area (Å²) >= 11 is 0. The van der Waals surface area contributed by atoms with Gasteiger partial charge in [0, 0.05) is 30.3 Å². The molecule has 1 amide bonds. The first-order valence-electron chi connectivity index (χ1n) is 10.2.